The lowest BCUT2D eigenvalue weighted by molar-refractivity contribution is 0.398. The molecule has 1 aromatic carbocycles. The third kappa shape index (κ3) is 2.68. The molecule has 0 aliphatic carbocycles. The second kappa shape index (κ2) is 6.10. The molecule has 0 saturated carbocycles. The zero-order valence-electron chi connectivity index (χ0n) is 13.0. The van der Waals surface area contributed by atoms with Crippen LogP contribution in [-0.2, 0) is 0 Å². The van der Waals surface area contributed by atoms with E-state index in [0.717, 1.165) is 0 Å². The zero-order valence-corrected chi connectivity index (χ0v) is 13.8. The van der Waals surface area contributed by atoms with Gasteiger partial charge in [-0.2, -0.15) is 0 Å². The zero-order chi connectivity index (χ0) is 17.4. The summed E-state index contributed by atoms with van der Waals surface area (Å²) in [7, 11) is 1.54. The summed E-state index contributed by atoms with van der Waals surface area (Å²) in [5.41, 5.74) is 2.22. The Kier molecular flexibility index (Phi) is 3.77. The van der Waals surface area contributed by atoms with Gasteiger partial charge in [0.15, 0.2) is 10.8 Å². The molecule has 0 spiro atoms. The summed E-state index contributed by atoms with van der Waals surface area (Å²) in [5, 5.41) is 0.225. The Hall–Kier alpha value is -3.06. The van der Waals surface area contributed by atoms with Crippen molar-refractivity contribution in [3.8, 4) is 23.0 Å². The summed E-state index contributed by atoms with van der Waals surface area (Å²) in [6.45, 7) is 0. The van der Waals surface area contributed by atoms with Crippen LogP contribution in [0, 0.1) is 5.82 Å². The molecule has 3 heterocycles. The average Bonchev–Trinajstić information content (AvgIpc) is 3.03. The molecule has 0 radical (unpaired) electrons. The predicted octanol–water partition coefficient (Wildman–Crippen LogP) is 3.68. The maximum Gasteiger partial charge on any atom is 0.213 e. The molecule has 6 nitrogen and oxygen atoms in total. The second-order valence-electron chi connectivity index (χ2n) is 5.18. The number of nitrogens with zero attached hydrogens (tertiary/aromatic N) is 5. The Labute approximate surface area is 146 Å². The SMILES string of the molecule is COc1ccc(-n2c(-c3cccc(F)c3)nc3c(Cl)ncnc32)cn1. The number of pyridine rings is 1. The molecule has 0 atom stereocenters. The number of methoxy groups -OCH3 is 1. The van der Waals surface area contributed by atoms with Gasteiger partial charge >= 0.3 is 0 Å². The van der Waals surface area contributed by atoms with Crippen LogP contribution in [0.2, 0.25) is 5.15 Å². The number of fused-ring (bicyclic) bond motifs is 1. The van der Waals surface area contributed by atoms with Gasteiger partial charge in [0.1, 0.15) is 23.5 Å². The monoisotopic (exact) mass is 355 g/mol. The smallest absolute Gasteiger partial charge is 0.213 e. The van der Waals surface area contributed by atoms with E-state index >= 15 is 0 Å². The Morgan fingerprint density at radius 3 is 2.72 bits per heavy atom. The van der Waals surface area contributed by atoms with Crippen molar-refractivity contribution in [2.45, 2.75) is 0 Å². The van der Waals surface area contributed by atoms with E-state index < -0.39 is 0 Å². The second-order valence-corrected chi connectivity index (χ2v) is 5.53. The first-order valence-corrected chi connectivity index (χ1v) is 7.70. The van der Waals surface area contributed by atoms with Crippen LogP contribution in [0.1, 0.15) is 0 Å². The minimum atomic E-state index is -0.360. The summed E-state index contributed by atoms with van der Waals surface area (Å²) in [4.78, 5) is 17.0. The largest absolute Gasteiger partial charge is 0.481 e. The van der Waals surface area contributed by atoms with Crippen LogP contribution in [0.4, 0.5) is 4.39 Å². The van der Waals surface area contributed by atoms with Gasteiger partial charge in [-0.1, -0.05) is 23.7 Å². The molecular formula is C17H11ClFN5O. The van der Waals surface area contributed by atoms with Crippen molar-refractivity contribution in [1.82, 2.24) is 24.5 Å². The van der Waals surface area contributed by atoms with Gasteiger partial charge in [0.25, 0.3) is 0 Å². The molecular weight excluding hydrogens is 345 g/mol. The molecule has 0 saturated heterocycles. The van der Waals surface area contributed by atoms with Gasteiger partial charge < -0.3 is 4.74 Å². The number of imidazole rings is 1. The van der Waals surface area contributed by atoms with E-state index in [9.17, 15) is 4.39 Å². The van der Waals surface area contributed by atoms with Crippen LogP contribution >= 0.6 is 11.6 Å². The van der Waals surface area contributed by atoms with Gasteiger partial charge in [-0.25, -0.2) is 24.3 Å². The fraction of sp³-hybridized carbons (Fsp3) is 0.0588. The van der Waals surface area contributed by atoms with Gasteiger partial charge in [0.05, 0.1) is 19.0 Å². The third-order valence-electron chi connectivity index (χ3n) is 3.67. The van der Waals surface area contributed by atoms with Gasteiger partial charge in [-0.05, 0) is 18.2 Å². The van der Waals surface area contributed by atoms with E-state index in [0.29, 0.717) is 34.1 Å². The summed E-state index contributed by atoms with van der Waals surface area (Å²) in [6, 6.07) is 9.69. The van der Waals surface area contributed by atoms with Gasteiger partial charge in [0, 0.05) is 11.6 Å². The first-order valence-electron chi connectivity index (χ1n) is 7.32. The number of ether oxygens (including phenoxy) is 1. The first-order chi connectivity index (χ1) is 12.2. The highest BCUT2D eigenvalue weighted by Gasteiger charge is 2.18. The molecule has 0 aliphatic heterocycles. The van der Waals surface area contributed by atoms with Crippen LogP contribution in [0.25, 0.3) is 28.2 Å². The van der Waals surface area contributed by atoms with Crippen LogP contribution < -0.4 is 4.74 Å². The highest BCUT2D eigenvalue weighted by Crippen LogP contribution is 2.30. The molecule has 4 rings (SSSR count). The van der Waals surface area contributed by atoms with E-state index in [4.69, 9.17) is 16.3 Å². The maximum atomic E-state index is 13.7. The Bertz CT molecular complexity index is 1060. The standard InChI is InChI=1S/C17H11ClFN5O/c1-25-13-6-5-12(8-20-13)24-16(10-3-2-4-11(19)7-10)23-14-15(18)21-9-22-17(14)24/h2-9H,1H3. The van der Waals surface area contributed by atoms with E-state index in [1.807, 2.05) is 6.07 Å². The summed E-state index contributed by atoms with van der Waals surface area (Å²) >= 11 is 6.16. The molecule has 25 heavy (non-hydrogen) atoms. The predicted molar refractivity (Wildman–Crippen MR) is 91.4 cm³/mol. The minimum absolute atomic E-state index is 0.225. The van der Waals surface area contributed by atoms with E-state index in [-0.39, 0.29) is 11.0 Å². The van der Waals surface area contributed by atoms with E-state index in [2.05, 4.69) is 19.9 Å². The van der Waals surface area contributed by atoms with E-state index in [1.165, 1.54) is 18.5 Å². The fourth-order valence-corrected chi connectivity index (χ4v) is 2.73. The number of halogens is 2. The van der Waals surface area contributed by atoms with Crippen LogP contribution in [0.5, 0.6) is 5.88 Å². The molecule has 0 aliphatic rings. The summed E-state index contributed by atoms with van der Waals surface area (Å²) < 4.78 is 20.5. The van der Waals surface area contributed by atoms with Crippen molar-refractivity contribution in [1.29, 1.82) is 0 Å². The lowest BCUT2D eigenvalue weighted by Gasteiger charge is -2.09. The number of hydrogen-bond acceptors (Lipinski definition) is 5. The lowest BCUT2D eigenvalue weighted by Crippen LogP contribution is -2.00. The highest BCUT2D eigenvalue weighted by atomic mass is 35.5. The molecule has 0 bridgehead atoms. The van der Waals surface area contributed by atoms with Gasteiger partial charge in [-0.15, -0.1) is 0 Å². The van der Waals surface area contributed by atoms with Gasteiger partial charge in [-0.3, -0.25) is 4.57 Å². The lowest BCUT2D eigenvalue weighted by atomic mass is 10.2. The summed E-state index contributed by atoms with van der Waals surface area (Å²) in [5.74, 6) is 0.609. The Morgan fingerprint density at radius 1 is 1.12 bits per heavy atom. The molecule has 0 fully saturated rings. The van der Waals surface area contributed by atoms with Crippen LogP contribution in [-0.4, -0.2) is 31.6 Å². The molecule has 0 amide bonds. The van der Waals surface area contributed by atoms with Crippen LogP contribution in [0.15, 0.2) is 48.9 Å². The number of benzene rings is 1. The quantitative estimate of drug-likeness (QED) is 0.524. The molecule has 4 aromatic rings. The Morgan fingerprint density at radius 2 is 2.00 bits per heavy atom. The number of rotatable bonds is 3. The van der Waals surface area contributed by atoms with Crippen molar-refractivity contribution in [2.24, 2.45) is 0 Å². The number of aromatic nitrogens is 5. The molecule has 0 N–H and O–H groups in total. The normalized spacial score (nSPS) is 11.0. The maximum absolute atomic E-state index is 13.7. The van der Waals surface area contributed by atoms with Crippen molar-refractivity contribution >= 4 is 22.8 Å². The first kappa shape index (κ1) is 15.5. The average molecular weight is 356 g/mol. The minimum Gasteiger partial charge on any atom is -0.481 e. The molecule has 0 unspecified atom stereocenters. The summed E-state index contributed by atoms with van der Waals surface area (Å²) in [6.07, 6.45) is 2.98. The van der Waals surface area contributed by atoms with Crippen molar-refractivity contribution in [3.05, 3.63) is 59.9 Å². The van der Waals surface area contributed by atoms with Crippen molar-refractivity contribution in [2.75, 3.05) is 7.11 Å². The van der Waals surface area contributed by atoms with Crippen molar-refractivity contribution in [3.63, 3.8) is 0 Å². The Balaban J connectivity index is 2.03. The van der Waals surface area contributed by atoms with E-state index in [1.54, 1.807) is 36.1 Å². The van der Waals surface area contributed by atoms with Crippen molar-refractivity contribution < 1.29 is 9.13 Å². The molecule has 124 valence electrons. The molecule has 8 heteroatoms. The third-order valence-corrected chi connectivity index (χ3v) is 3.95. The highest BCUT2D eigenvalue weighted by molar-refractivity contribution is 6.33. The van der Waals surface area contributed by atoms with Crippen LogP contribution in [0.3, 0.4) is 0 Å². The fourth-order valence-electron chi connectivity index (χ4n) is 2.56. The van der Waals surface area contributed by atoms with Gasteiger partial charge in [0.2, 0.25) is 5.88 Å². The topological polar surface area (TPSA) is 65.7 Å². The number of hydrogen-bond donors (Lipinski definition) is 0. The molecule has 3 aromatic heterocycles.